The zero-order chi connectivity index (χ0) is 11.9. The highest BCUT2D eigenvalue weighted by Crippen LogP contribution is 2.16. The maximum atomic E-state index is 11.1. The molecule has 0 radical (unpaired) electrons. The monoisotopic (exact) mass is 211 g/mol. The van der Waals surface area contributed by atoms with Gasteiger partial charge in [0.05, 0.1) is 6.07 Å². The van der Waals surface area contributed by atoms with Gasteiger partial charge in [0.15, 0.2) is 0 Å². The summed E-state index contributed by atoms with van der Waals surface area (Å²) in [5.41, 5.74) is 0.121. The maximum absolute atomic E-state index is 11.1. The quantitative estimate of drug-likeness (QED) is 0.516. The van der Waals surface area contributed by atoms with Gasteiger partial charge in [-0.15, -0.1) is 0 Å². The molecule has 0 fully saturated rings. The third kappa shape index (κ3) is 7.50. The van der Waals surface area contributed by atoms with E-state index < -0.39 is 11.8 Å². The summed E-state index contributed by atoms with van der Waals surface area (Å²) in [4.78, 5) is 22.1. The van der Waals surface area contributed by atoms with Gasteiger partial charge < -0.3 is 10.6 Å². The van der Waals surface area contributed by atoms with Crippen molar-refractivity contribution in [1.82, 2.24) is 10.6 Å². The Morgan fingerprint density at radius 2 is 1.73 bits per heavy atom. The Hall–Kier alpha value is -1.57. The predicted molar refractivity (Wildman–Crippen MR) is 55.7 cm³/mol. The van der Waals surface area contributed by atoms with Crippen LogP contribution in [0.4, 0.5) is 0 Å². The van der Waals surface area contributed by atoms with Gasteiger partial charge in [0.25, 0.3) is 0 Å². The first kappa shape index (κ1) is 13.4. The van der Waals surface area contributed by atoms with Crippen LogP contribution >= 0.6 is 0 Å². The molecule has 0 aromatic carbocycles. The third-order valence-electron chi connectivity index (χ3n) is 1.69. The number of hydrogen-bond donors (Lipinski definition) is 2. The van der Waals surface area contributed by atoms with Gasteiger partial charge in [-0.1, -0.05) is 20.8 Å². The van der Waals surface area contributed by atoms with Crippen LogP contribution in [-0.2, 0) is 9.59 Å². The summed E-state index contributed by atoms with van der Waals surface area (Å²) in [5, 5.41) is 12.8. The van der Waals surface area contributed by atoms with Crippen molar-refractivity contribution in [3.05, 3.63) is 0 Å². The normalized spacial score (nSPS) is 10.3. The van der Waals surface area contributed by atoms with Gasteiger partial charge in [-0.25, -0.2) is 0 Å². The molecule has 0 aliphatic carbocycles. The molecule has 0 aromatic rings. The van der Waals surface area contributed by atoms with Crippen LogP contribution in [0.3, 0.4) is 0 Å². The van der Waals surface area contributed by atoms with Crippen LogP contribution in [0.2, 0.25) is 0 Å². The van der Waals surface area contributed by atoms with Crippen LogP contribution < -0.4 is 10.6 Å². The van der Waals surface area contributed by atoms with Crippen molar-refractivity contribution < 1.29 is 9.59 Å². The van der Waals surface area contributed by atoms with E-state index in [2.05, 4.69) is 31.4 Å². The van der Waals surface area contributed by atoms with Gasteiger partial charge in [-0.3, -0.25) is 9.59 Å². The minimum Gasteiger partial charge on any atom is -0.348 e. The smallest absolute Gasteiger partial charge is 0.310 e. The van der Waals surface area contributed by atoms with Gasteiger partial charge in [0.2, 0.25) is 0 Å². The maximum Gasteiger partial charge on any atom is 0.310 e. The number of carbonyl (C=O) groups is 2. The minimum atomic E-state index is -0.759. The molecule has 0 spiro atoms. The lowest BCUT2D eigenvalue weighted by atomic mass is 9.92. The lowest BCUT2D eigenvalue weighted by Crippen LogP contribution is -2.40. The number of carbonyl (C=O) groups excluding carboxylic acids is 2. The number of nitrogens with one attached hydrogen (secondary N) is 2. The summed E-state index contributed by atoms with van der Waals surface area (Å²) in [5.74, 6) is -1.44. The van der Waals surface area contributed by atoms with Crippen molar-refractivity contribution >= 4 is 11.8 Å². The molecule has 0 atom stereocenters. The number of nitrogens with zero attached hydrogens (tertiary/aromatic N) is 1. The van der Waals surface area contributed by atoms with Crippen molar-refractivity contribution in [2.24, 2.45) is 5.41 Å². The number of rotatable bonds is 3. The summed E-state index contributed by atoms with van der Waals surface area (Å²) in [6, 6.07) is 1.72. The molecule has 2 N–H and O–H groups in total. The van der Waals surface area contributed by atoms with Gasteiger partial charge in [-0.2, -0.15) is 5.26 Å². The summed E-state index contributed by atoms with van der Waals surface area (Å²) in [6.07, 6.45) is 0.796. The van der Waals surface area contributed by atoms with Gasteiger partial charge in [-0.05, 0) is 11.8 Å². The fraction of sp³-hybridized carbons (Fsp3) is 0.700. The molecule has 5 nitrogen and oxygen atoms in total. The SMILES string of the molecule is CC(C)(C)CCNC(=O)C(=O)NCC#N. The number of amides is 2. The molecule has 5 heteroatoms. The second kappa shape index (κ2) is 6.02. The number of nitriles is 1. The molecule has 0 aliphatic heterocycles. The zero-order valence-corrected chi connectivity index (χ0v) is 9.39. The fourth-order valence-corrected chi connectivity index (χ4v) is 0.831. The molecular weight excluding hydrogens is 194 g/mol. The summed E-state index contributed by atoms with van der Waals surface area (Å²) >= 11 is 0. The second-order valence-corrected chi connectivity index (χ2v) is 4.41. The van der Waals surface area contributed by atoms with E-state index in [4.69, 9.17) is 5.26 Å². The Balaban J connectivity index is 3.76. The molecule has 0 unspecified atom stereocenters. The van der Waals surface area contributed by atoms with E-state index in [-0.39, 0.29) is 12.0 Å². The lowest BCUT2D eigenvalue weighted by Gasteiger charge is -2.17. The van der Waals surface area contributed by atoms with Crippen molar-refractivity contribution in [2.75, 3.05) is 13.1 Å². The highest BCUT2D eigenvalue weighted by Gasteiger charge is 2.14. The van der Waals surface area contributed by atoms with Gasteiger partial charge >= 0.3 is 11.8 Å². The van der Waals surface area contributed by atoms with Crippen LogP contribution in [0.5, 0.6) is 0 Å². The third-order valence-corrected chi connectivity index (χ3v) is 1.69. The summed E-state index contributed by atoms with van der Waals surface area (Å²) in [7, 11) is 0. The first-order chi connectivity index (χ1) is 6.87. The molecule has 0 saturated carbocycles. The Bertz CT molecular complexity index is 273. The molecule has 0 rings (SSSR count). The molecule has 84 valence electrons. The molecule has 15 heavy (non-hydrogen) atoms. The fourth-order valence-electron chi connectivity index (χ4n) is 0.831. The average Bonchev–Trinajstić information content (AvgIpc) is 2.11. The first-order valence-corrected chi connectivity index (χ1v) is 4.80. The van der Waals surface area contributed by atoms with E-state index in [9.17, 15) is 9.59 Å². The van der Waals surface area contributed by atoms with Gasteiger partial charge in [0, 0.05) is 6.54 Å². The van der Waals surface area contributed by atoms with E-state index in [1.165, 1.54) is 0 Å². The molecular formula is C10H17N3O2. The Labute approximate surface area is 89.8 Å². The van der Waals surface area contributed by atoms with E-state index in [1.54, 1.807) is 6.07 Å². The van der Waals surface area contributed by atoms with Crippen LogP contribution in [0, 0.1) is 16.7 Å². The lowest BCUT2D eigenvalue weighted by molar-refractivity contribution is -0.139. The van der Waals surface area contributed by atoms with Crippen LogP contribution in [-0.4, -0.2) is 24.9 Å². The standard InChI is InChI=1S/C10H17N3O2/c1-10(2,3)4-6-12-8(14)9(15)13-7-5-11/h4,6-7H2,1-3H3,(H,12,14)(H,13,15). The molecule has 0 bridgehead atoms. The van der Waals surface area contributed by atoms with Crippen molar-refractivity contribution in [3.8, 4) is 6.07 Å². The summed E-state index contributed by atoms with van der Waals surface area (Å²) in [6.45, 7) is 6.46. The first-order valence-electron chi connectivity index (χ1n) is 4.80. The van der Waals surface area contributed by atoms with E-state index in [0.29, 0.717) is 6.54 Å². The van der Waals surface area contributed by atoms with E-state index in [0.717, 1.165) is 6.42 Å². The minimum absolute atomic E-state index is 0.121. The van der Waals surface area contributed by atoms with E-state index >= 15 is 0 Å². The molecule has 2 amide bonds. The zero-order valence-electron chi connectivity index (χ0n) is 9.39. The van der Waals surface area contributed by atoms with Crippen LogP contribution in [0.15, 0.2) is 0 Å². The molecule has 0 saturated heterocycles. The summed E-state index contributed by atoms with van der Waals surface area (Å²) < 4.78 is 0. The second-order valence-electron chi connectivity index (χ2n) is 4.41. The molecule has 0 heterocycles. The molecule has 0 aliphatic rings. The largest absolute Gasteiger partial charge is 0.348 e. The topological polar surface area (TPSA) is 82.0 Å². The Morgan fingerprint density at radius 1 is 1.20 bits per heavy atom. The number of hydrogen-bond acceptors (Lipinski definition) is 3. The predicted octanol–water partition coefficient (Wildman–Crippen LogP) is 0.179. The average molecular weight is 211 g/mol. The molecule has 0 aromatic heterocycles. The highest BCUT2D eigenvalue weighted by molar-refractivity contribution is 6.35. The van der Waals surface area contributed by atoms with Gasteiger partial charge in [0.1, 0.15) is 6.54 Å². The van der Waals surface area contributed by atoms with E-state index in [1.807, 2.05) is 0 Å². The van der Waals surface area contributed by atoms with Crippen LogP contribution in [0.25, 0.3) is 0 Å². The van der Waals surface area contributed by atoms with Crippen molar-refractivity contribution in [3.63, 3.8) is 0 Å². The van der Waals surface area contributed by atoms with Crippen LogP contribution in [0.1, 0.15) is 27.2 Å². The van der Waals surface area contributed by atoms with Crippen molar-refractivity contribution in [1.29, 1.82) is 5.26 Å². The van der Waals surface area contributed by atoms with Crippen molar-refractivity contribution in [2.45, 2.75) is 27.2 Å². The highest BCUT2D eigenvalue weighted by atomic mass is 16.2. The Morgan fingerprint density at radius 3 is 2.20 bits per heavy atom. The Kier molecular flexibility index (Phi) is 5.39.